The Bertz CT molecular complexity index is 830. The molecule has 116 valence electrons. The number of carbonyl (C=O) groups is 1. The predicted molar refractivity (Wildman–Crippen MR) is 83.1 cm³/mol. The van der Waals surface area contributed by atoms with Crippen LogP contribution in [0.4, 0.5) is 21.8 Å². The SMILES string of the molecule is Cc1ccc(NC(=O)c2nnc(Nc3ccccc3F)o2)cc1. The summed E-state index contributed by atoms with van der Waals surface area (Å²) in [6.45, 7) is 1.95. The van der Waals surface area contributed by atoms with Crippen LogP contribution >= 0.6 is 0 Å². The Morgan fingerprint density at radius 2 is 1.83 bits per heavy atom. The number of rotatable bonds is 4. The molecule has 23 heavy (non-hydrogen) atoms. The van der Waals surface area contributed by atoms with Crippen LogP contribution in [-0.4, -0.2) is 16.1 Å². The quantitative estimate of drug-likeness (QED) is 0.770. The van der Waals surface area contributed by atoms with Crippen molar-refractivity contribution in [2.75, 3.05) is 10.6 Å². The number of nitrogens with one attached hydrogen (secondary N) is 2. The second kappa shape index (κ2) is 6.27. The number of carbonyl (C=O) groups excluding carboxylic acids is 1. The molecule has 0 aliphatic heterocycles. The number of aryl methyl sites for hydroxylation is 1. The van der Waals surface area contributed by atoms with E-state index in [1.54, 1.807) is 24.3 Å². The molecule has 1 aromatic heterocycles. The van der Waals surface area contributed by atoms with Crippen LogP contribution in [0, 0.1) is 12.7 Å². The van der Waals surface area contributed by atoms with Gasteiger partial charge in [0.25, 0.3) is 0 Å². The van der Waals surface area contributed by atoms with E-state index in [9.17, 15) is 9.18 Å². The molecule has 0 aliphatic carbocycles. The Hall–Kier alpha value is -3.22. The lowest BCUT2D eigenvalue weighted by molar-refractivity contribution is 0.0991. The summed E-state index contributed by atoms with van der Waals surface area (Å²) in [5.74, 6) is -1.22. The first-order valence-corrected chi connectivity index (χ1v) is 6.85. The van der Waals surface area contributed by atoms with Crippen molar-refractivity contribution in [2.45, 2.75) is 6.92 Å². The number of hydrogen-bond donors (Lipinski definition) is 2. The molecule has 3 aromatic rings. The third-order valence-corrected chi connectivity index (χ3v) is 3.04. The summed E-state index contributed by atoms with van der Waals surface area (Å²) in [7, 11) is 0. The van der Waals surface area contributed by atoms with Crippen molar-refractivity contribution in [3.05, 3.63) is 65.8 Å². The molecule has 1 amide bonds. The summed E-state index contributed by atoms with van der Waals surface area (Å²) < 4.78 is 18.7. The molecular weight excluding hydrogens is 299 g/mol. The third kappa shape index (κ3) is 3.52. The molecule has 2 aromatic carbocycles. The fraction of sp³-hybridized carbons (Fsp3) is 0.0625. The molecule has 7 heteroatoms. The molecule has 0 saturated carbocycles. The van der Waals surface area contributed by atoms with Crippen LogP contribution in [0.25, 0.3) is 0 Å². The van der Waals surface area contributed by atoms with Crippen molar-refractivity contribution in [3.8, 4) is 0 Å². The molecular formula is C16H13FN4O2. The lowest BCUT2D eigenvalue weighted by Gasteiger charge is -2.03. The van der Waals surface area contributed by atoms with Crippen LogP contribution in [0.1, 0.15) is 16.2 Å². The van der Waals surface area contributed by atoms with Gasteiger partial charge in [-0.1, -0.05) is 34.9 Å². The molecule has 1 heterocycles. The second-order valence-corrected chi connectivity index (χ2v) is 4.84. The predicted octanol–water partition coefficient (Wildman–Crippen LogP) is 3.51. The zero-order valence-corrected chi connectivity index (χ0v) is 12.2. The van der Waals surface area contributed by atoms with Gasteiger partial charge in [0.15, 0.2) is 0 Å². The number of nitrogens with zero attached hydrogens (tertiary/aromatic N) is 2. The van der Waals surface area contributed by atoms with E-state index in [0.29, 0.717) is 5.69 Å². The lowest BCUT2D eigenvalue weighted by atomic mass is 10.2. The molecule has 0 aliphatic rings. The van der Waals surface area contributed by atoms with Gasteiger partial charge in [0.1, 0.15) is 5.82 Å². The van der Waals surface area contributed by atoms with Crippen LogP contribution in [0.2, 0.25) is 0 Å². The molecule has 3 rings (SSSR count). The summed E-state index contributed by atoms with van der Waals surface area (Å²) in [5.41, 5.74) is 1.88. The molecule has 0 bridgehead atoms. The first-order chi connectivity index (χ1) is 11.1. The van der Waals surface area contributed by atoms with Crippen molar-refractivity contribution < 1.29 is 13.6 Å². The average Bonchev–Trinajstić information content (AvgIpc) is 3.01. The Morgan fingerprint density at radius 3 is 2.57 bits per heavy atom. The number of aromatic nitrogens is 2. The Labute approximate surface area is 131 Å². The van der Waals surface area contributed by atoms with Crippen LogP contribution < -0.4 is 10.6 Å². The zero-order valence-electron chi connectivity index (χ0n) is 12.2. The smallest absolute Gasteiger partial charge is 0.320 e. The molecule has 2 N–H and O–H groups in total. The molecule has 0 fully saturated rings. The van der Waals surface area contributed by atoms with Gasteiger partial charge in [-0.05, 0) is 31.2 Å². The standard InChI is InChI=1S/C16H13FN4O2/c1-10-6-8-11(9-7-10)18-14(22)15-20-21-16(23-15)19-13-5-3-2-4-12(13)17/h2-9H,1H3,(H,18,22)(H,19,21). The highest BCUT2D eigenvalue weighted by Crippen LogP contribution is 2.19. The average molecular weight is 312 g/mol. The van der Waals surface area contributed by atoms with Gasteiger partial charge < -0.3 is 15.1 Å². The molecule has 0 atom stereocenters. The fourth-order valence-electron chi connectivity index (χ4n) is 1.86. The number of halogens is 1. The highest BCUT2D eigenvalue weighted by Gasteiger charge is 2.15. The van der Waals surface area contributed by atoms with Gasteiger partial charge in [-0.25, -0.2) is 4.39 Å². The van der Waals surface area contributed by atoms with Gasteiger partial charge in [-0.3, -0.25) is 4.79 Å². The van der Waals surface area contributed by atoms with Gasteiger partial charge in [-0.15, -0.1) is 5.10 Å². The summed E-state index contributed by atoms with van der Waals surface area (Å²) >= 11 is 0. The van der Waals surface area contributed by atoms with Gasteiger partial charge in [0.05, 0.1) is 5.69 Å². The number of hydrogen-bond acceptors (Lipinski definition) is 5. The first kappa shape index (κ1) is 14.7. The summed E-state index contributed by atoms with van der Waals surface area (Å²) in [4.78, 5) is 12.0. The number of para-hydroxylation sites is 1. The number of anilines is 3. The van der Waals surface area contributed by atoms with Crippen LogP contribution in [0.5, 0.6) is 0 Å². The van der Waals surface area contributed by atoms with Crippen LogP contribution in [-0.2, 0) is 0 Å². The van der Waals surface area contributed by atoms with Crippen molar-refractivity contribution in [2.24, 2.45) is 0 Å². The van der Waals surface area contributed by atoms with Gasteiger partial charge in [0, 0.05) is 5.69 Å². The van der Waals surface area contributed by atoms with E-state index in [0.717, 1.165) is 5.56 Å². The van der Waals surface area contributed by atoms with E-state index in [-0.39, 0.29) is 17.6 Å². The maximum absolute atomic E-state index is 13.5. The maximum atomic E-state index is 13.5. The van der Waals surface area contributed by atoms with Crippen LogP contribution in [0.15, 0.2) is 52.9 Å². The van der Waals surface area contributed by atoms with E-state index in [1.165, 1.54) is 12.1 Å². The van der Waals surface area contributed by atoms with Crippen molar-refractivity contribution in [1.82, 2.24) is 10.2 Å². The largest absolute Gasteiger partial charge is 0.399 e. The Balaban J connectivity index is 1.70. The van der Waals surface area contributed by atoms with E-state index < -0.39 is 11.7 Å². The second-order valence-electron chi connectivity index (χ2n) is 4.84. The molecule has 0 unspecified atom stereocenters. The maximum Gasteiger partial charge on any atom is 0.320 e. The van der Waals surface area contributed by atoms with Crippen molar-refractivity contribution in [3.63, 3.8) is 0 Å². The van der Waals surface area contributed by atoms with E-state index in [2.05, 4.69) is 20.8 Å². The summed E-state index contributed by atoms with van der Waals surface area (Å²) in [5, 5.41) is 12.6. The molecule has 0 radical (unpaired) electrons. The van der Waals surface area contributed by atoms with Gasteiger partial charge >= 0.3 is 17.8 Å². The Morgan fingerprint density at radius 1 is 1.09 bits per heavy atom. The monoisotopic (exact) mass is 312 g/mol. The van der Waals surface area contributed by atoms with E-state index >= 15 is 0 Å². The van der Waals surface area contributed by atoms with Crippen molar-refractivity contribution >= 4 is 23.3 Å². The molecule has 6 nitrogen and oxygen atoms in total. The van der Waals surface area contributed by atoms with Crippen molar-refractivity contribution in [1.29, 1.82) is 0 Å². The number of benzene rings is 2. The third-order valence-electron chi connectivity index (χ3n) is 3.04. The molecule has 0 saturated heterocycles. The van der Waals surface area contributed by atoms with Gasteiger partial charge in [0.2, 0.25) is 0 Å². The lowest BCUT2D eigenvalue weighted by Crippen LogP contribution is -2.12. The minimum atomic E-state index is -0.539. The minimum Gasteiger partial charge on any atom is -0.399 e. The fourth-order valence-corrected chi connectivity index (χ4v) is 1.86. The highest BCUT2D eigenvalue weighted by molar-refractivity contribution is 6.00. The topological polar surface area (TPSA) is 80.0 Å². The summed E-state index contributed by atoms with van der Waals surface area (Å²) in [6, 6.07) is 13.2. The molecule has 0 spiro atoms. The van der Waals surface area contributed by atoms with Crippen LogP contribution in [0.3, 0.4) is 0 Å². The first-order valence-electron chi connectivity index (χ1n) is 6.85. The minimum absolute atomic E-state index is 0.0656. The summed E-state index contributed by atoms with van der Waals surface area (Å²) in [6.07, 6.45) is 0. The Kier molecular flexibility index (Phi) is 4.01. The normalized spacial score (nSPS) is 10.3. The van der Waals surface area contributed by atoms with E-state index in [1.807, 2.05) is 19.1 Å². The highest BCUT2D eigenvalue weighted by atomic mass is 19.1. The van der Waals surface area contributed by atoms with Gasteiger partial charge in [-0.2, -0.15) is 0 Å². The van der Waals surface area contributed by atoms with E-state index in [4.69, 9.17) is 4.42 Å². The zero-order chi connectivity index (χ0) is 16.2. The number of amides is 1.